The van der Waals surface area contributed by atoms with Crippen molar-refractivity contribution in [2.45, 2.75) is 25.8 Å². The first kappa shape index (κ1) is 23.4. The van der Waals surface area contributed by atoms with Crippen LogP contribution in [-0.4, -0.2) is 24.8 Å². The second-order valence-electron chi connectivity index (χ2n) is 7.00. The smallest absolute Gasteiger partial charge is 0.220 e. The molecule has 158 valence electrons. The highest BCUT2D eigenvalue weighted by Gasteiger charge is 2.13. The van der Waals surface area contributed by atoms with Crippen molar-refractivity contribution >= 4 is 34.9 Å². The number of rotatable bonds is 9. The van der Waals surface area contributed by atoms with Gasteiger partial charge in [0.05, 0.1) is 12.6 Å². The molecule has 0 radical (unpaired) electrons. The molecule has 0 aliphatic heterocycles. The highest BCUT2D eigenvalue weighted by atomic mass is 35.5. The number of nitrogens with two attached hydrogens (primary N) is 1. The van der Waals surface area contributed by atoms with Gasteiger partial charge in [0.25, 0.3) is 0 Å². The van der Waals surface area contributed by atoms with Gasteiger partial charge in [-0.1, -0.05) is 48.5 Å². The fraction of sp³-hybridized carbons (Fsp3) is 0.250. The summed E-state index contributed by atoms with van der Waals surface area (Å²) in [5.74, 6) is 0.570. The van der Waals surface area contributed by atoms with Gasteiger partial charge < -0.3 is 15.8 Å². The Morgan fingerprint density at radius 1 is 1.00 bits per heavy atom. The number of carbonyl (C=O) groups excluding carboxylic acids is 2. The van der Waals surface area contributed by atoms with Crippen molar-refractivity contribution in [3.05, 3.63) is 77.9 Å². The molecular formula is C24H27ClN2O3. The summed E-state index contributed by atoms with van der Waals surface area (Å²) in [6, 6.07) is 21.1. The summed E-state index contributed by atoms with van der Waals surface area (Å²) in [4.78, 5) is 23.8. The van der Waals surface area contributed by atoms with Crippen molar-refractivity contribution in [2.75, 3.05) is 13.2 Å². The summed E-state index contributed by atoms with van der Waals surface area (Å²) in [5, 5.41) is 5.29. The number of Topliss-reactive ketones (excluding diaryl/α,β-unsaturated/α-hetero) is 1. The number of nitrogens with one attached hydrogen (secondary N) is 1. The normalized spacial score (nSPS) is 11.4. The van der Waals surface area contributed by atoms with Gasteiger partial charge in [0.15, 0.2) is 5.78 Å². The quantitative estimate of drug-likeness (QED) is 0.391. The largest absolute Gasteiger partial charge is 0.494 e. The van der Waals surface area contributed by atoms with E-state index in [9.17, 15) is 9.59 Å². The Morgan fingerprint density at radius 3 is 2.50 bits per heavy atom. The minimum atomic E-state index is -0.222. The van der Waals surface area contributed by atoms with Crippen LogP contribution in [0.4, 0.5) is 0 Å². The van der Waals surface area contributed by atoms with E-state index in [4.69, 9.17) is 10.5 Å². The van der Waals surface area contributed by atoms with Gasteiger partial charge in [-0.05, 0) is 47.9 Å². The van der Waals surface area contributed by atoms with E-state index in [0.29, 0.717) is 37.3 Å². The van der Waals surface area contributed by atoms with Crippen LogP contribution in [0.5, 0.6) is 5.75 Å². The summed E-state index contributed by atoms with van der Waals surface area (Å²) in [7, 11) is 0. The van der Waals surface area contributed by atoms with Crippen LogP contribution in [-0.2, 0) is 4.79 Å². The highest BCUT2D eigenvalue weighted by molar-refractivity contribution is 5.94. The molecule has 0 bridgehead atoms. The molecule has 30 heavy (non-hydrogen) atoms. The molecule has 1 amide bonds. The van der Waals surface area contributed by atoms with Gasteiger partial charge >= 0.3 is 0 Å². The van der Waals surface area contributed by atoms with Crippen molar-refractivity contribution in [3.63, 3.8) is 0 Å². The van der Waals surface area contributed by atoms with E-state index >= 15 is 0 Å². The number of amides is 1. The molecule has 1 atom stereocenters. The number of fused-ring (bicyclic) bond motifs is 1. The lowest BCUT2D eigenvalue weighted by Crippen LogP contribution is -2.33. The first-order valence-electron chi connectivity index (χ1n) is 9.79. The van der Waals surface area contributed by atoms with Gasteiger partial charge in [-0.2, -0.15) is 0 Å². The zero-order valence-corrected chi connectivity index (χ0v) is 17.8. The number of hydrogen-bond acceptors (Lipinski definition) is 4. The Labute approximate surface area is 183 Å². The molecular weight excluding hydrogens is 400 g/mol. The van der Waals surface area contributed by atoms with E-state index in [-0.39, 0.29) is 30.1 Å². The van der Waals surface area contributed by atoms with Gasteiger partial charge in [-0.3, -0.25) is 9.59 Å². The average molecular weight is 427 g/mol. The summed E-state index contributed by atoms with van der Waals surface area (Å²) in [6.07, 6.45) is 0.918. The van der Waals surface area contributed by atoms with Crippen LogP contribution >= 0.6 is 12.4 Å². The van der Waals surface area contributed by atoms with Crippen LogP contribution in [0.25, 0.3) is 10.8 Å². The number of halogens is 1. The van der Waals surface area contributed by atoms with E-state index in [1.807, 2.05) is 30.3 Å². The first-order chi connectivity index (χ1) is 14.1. The molecule has 3 aromatic rings. The van der Waals surface area contributed by atoms with E-state index in [1.165, 1.54) is 6.92 Å². The fourth-order valence-corrected chi connectivity index (χ4v) is 3.20. The Bertz CT molecular complexity index is 1010. The third-order valence-electron chi connectivity index (χ3n) is 4.80. The second kappa shape index (κ2) is 11.3. The number of hydrogen-bond donors (Lipinski definition) is 2. The Balaban J connectivity index is 0.00000320. The van der Waals surface area contributed by atoms with Crippen molar-refractivity contribution in [2.24, 2.45) is 5.73 Å². The average Bonchev–Trinajstić information content (AvgIpc) is 2.75. The van der Waals surface area contributed by atoms with E-state index in [0.717, 1.165) is 16.3 Å². The van der Waals surface area contributed by atoms with Crippen molar-refractivity contribution in [3.8, 4) is 5.75 Å². The molecule has 0 aliphatic rings. The molecule has 0 spiro atoms. The molecule has 3 rings (SSSR count). The van der Waals surface area contributed by atoms with Crippen molar-refractivity contribution in [1.29, 1.82) is 0 Å². The highest BCUT2D eigenvalue weighted by Crippen LogP contribution is 2.20. The zero-order chi connectivity index (χ0) is 20.6. The molecule has 0 saturated carbocycles. The maximum absolute atomic E-state index is 12.3. The van der Waals surface area contributed by atoms with E-state index in [1.54, 1.807) is 24.3 Å². The van der Waals surface area contributed by atoms with Gasteiger partial charge in [-0.15, -0.1) is 12.4 Å². The summed E-state index contributed by atoms with van der Waals surface area (Å²) < 4.78 is 5.65. The van der Waals surface area contributed by atoms with Crippen LogP contribution < -0.4 is 15.8 Å². The van der Waals surface area contributed by atoms with Gasteiger partial charge in [0.2, 0.25) is 5.91 Å². The molecule has 5 nitrogen and oxygen atoms in total. The predicted molar refractivity (Wildman–Crippen MR) is 122 cm³/mol. The Hall–Kier alpha value is -2.89. The standard InChI is InChI=1S/C24H26N2O3.ClH/c1-17(27)19-8-4-9-22(15-19)29-13-5-10-24(28)26-23(16-25)21-12-11-18-6-2-3-7-20(18)14-21;/h2-4,6-9,11-12,14-15,23H,5,10,13,16,25H2,1H3,(H,26,28);1H. The van der Waals surface area contributed by atoms with Crippen LogP contribution in [0, 0.1) is 0 Å². The van der Waals surface area contributed by atoms with Crippen molar-refractivity contribution < 1.29 is 14.3 Å². The van der Waals surface area contributed by atoms with Gasteiger partial charge in [-0.25, -0.2) is 0 Å². The lowest BCUT2D eigenvalue weighted by Gasteiger charge is -2.18. The maximum atomic E-state index is 12.3. The molecule has 0 heterocycles. The minimum Gasteiger partial charge on any atom is -0.494 e. The van der Waals surface area contributed by atoms with Gasteiger partial charge in [0, 0.05) is 18.5 Å². The Morgan fingerprint density at radius 2 is 1.77 bits per heavy atom. The maximum Gasteiger partial charge on any atom is 0.220 e. The van der Waals surface area contributed by atoms with E-state index < -0.39 is 0 Å². The van der Waals surface area contributed by atoms with Crippen LogP contribution in [0.15, 0.2) is 66.7 Å². The number of benzene rings is 3. The first-order valence-corrected chi connectivity index (χ1v) is 9.79. The number of ether oxygens (including phenoxy) is 1. The molecule has 1 unspecified atom stereocenters. The van der Waals surface area contributed by atoms with Crippen LogP contribution in [0.2, 0.25) is 0 Å². The third-order valence-corrected chi connectivity index (χ3v) is 4.80. The topological polar surface area (TPSA) is 81.4 Å². The molecule has 6 heteroatoms. The summed E-state index contributed by atoms with van der Waals surface area (Å²) in [6.45, 7) is 2.25. The molecule has 3 N–H and O–H groups in total. The summed E-state index contributed by atoms with van der Waals surface area (Å²) >= 11 is 0. The van der Waals surface area contributed by atoms with E-state index in [2.05, 4.69) is 17.4 Å². The van der Waals surface area contributed by atoms with Crippen LogP contribution in [0.1, 0.15) is 41.7 Å². The molecule has 0 aliphatic carbocycles. The monoisotopic (exact) mass is 426 g/mol. The third kappa shape index (κ3) is 6.31. The Kier molecular flexibility index (Phi) is 8.84. The van der Waals surface area contributed by atoms with Crippen LogP contribution in [0.3, 0.4) is 0 Å². The fourth-order valence-electron chi connectivity index (χ4n) is 3.20. The number of carbonyl (C=O) groups is 2. The predicted octanol–water partition coefficient (Wildman–Crippen LogP) is 4.44. The number of ketones is 1. The molecule has 0 fully saturated rings. The van der Waals surface area contributed by atoms with Gasteiger partial charge in [0.1, 0.15) is 5.75 Å². The molecule has 3 aromatic carbocycles. The lowest BCUT2D eigenvalue weighted by molar-refractivity contribution is -0.122. The lowest BCUT2D eigenvalue weighted by atomic mass is 10.0. The molecule has 0 aromatic heterocycles. The zero-order valence-electron chi connectivity index (χ0n) is 17.0. The molecule has 0 saturated heterocycles. The summed E-state index contributed by atoms with van der Waals surface area (Å²) in [5.41, 5.74) is 7.51. The van der Waals surface area contributed by atoms with Crippen molar-refractivity contribution in [1.82, 2.24) is 5.32 Å². The second-order valence-corrected chi connectivity index (χ2v) is 7.00. The SMILES string of the molecule is CC(=O)c1cccc(OCCCC(=O)NC(CN)c2ccc3ccccc3c2)c1.Cl. The minimum absolute atomic E-state index is 0.